The van der Waals surface area contributed by atoms with Crippen molar-refractivity contribution in [3.8, 4) is 0 Å². The highest BCUT2D eigenvalue weighted by Gasteiger charge is 2.16. The van der Waals surface area contributed by atoms with E-state index in [1.54, 1.807) is 18.0 Å². The van der Waals surface area contributed by atoms with Gasteiger partial charge in [0, 0.05) is 39.6 Å². The lowest BCUT2D eigenvalue weighted by Gasteiger charge is -2.30. The molecule has 0 fully saturated rings. The van der Waals surface area contributed by atoms with Gasteiger partial charge >= 0.3 is 0 Å². The molecule has 0 spiro atoms. The van der Waals surface area contributed by atoms with Crippen LogP contribution in [0.5, 0.6) is 0 Å². The van der Waals surface area contributed by atoms with Gasteiger partial charge in [-0.05, 0) is 53.8 Å². The fourth-order valence-electron chi connectivity index (χ4n) is 3.12. The van der Waals surface area contributed by atoms with Crippen molar-refractivity contribution in [1.29, 1.82) is 0 Å². The summed E-state index contributed by atoms with van der Waals surface area (Å²) in [4.78, 5) is 5.46. The van der Waals surface area contributed by atoms with Crippen LogP contribution in [-0.2, 0) is 6.54 Å². The molecule has 2 aromatic carbocycles. The van der Waals surface area contributed by atoms with Gasteiger partial charge in [0.1, 0.15) is 0 Å². The zero-order valence-electron chi connectivity index (χ0n) is 15.5. The maximum Gasteiger partial charge on any atom is 0.0693 e. The number of thioether (sulfide) groups is 1. The molecule has 0 aliphatic carbocycles. The summed E-state index contributed by atoms with van der Waals surface area (Å²) < 4.78 is 0. The Balaban J connectivity index is 1.70. The lowest BCUT2D eigenvalue weighted by molar-refractivity contribution is 0.314. The minimum atomic E-state index is 0.727. The third-order valence-corrected chi connectivity index (χ3v) is 5.55. The smallest absolute Gasteiger partial charge is 0.0693 e. The van der Waals surface area contributed by atoms with Crippen LogP contribution in [0.3, 0.4) is 0 Å². The molecule has 1 aromatic heterocycles. The summed E-state index contributed by atoms with van der Waals surface area (Å²) in [5.74, 6) is 0. The summed E-state index contributed by atoms with van der Waals surface area (Å²) in [7, 11) is 0. The van der Waals surface area contributed by atoms with Crippen LogP contribution in [0.25, 0.3) is 11.3 Å². The van der Waals surface area contributed by atoms with Crippen molar-refractivity contribution in [3.05, 3.63) is 107 Å². The van der Waals surface area contributed by atoms with Crippen molar-refractivity contribution in [1.82, 2.24) is 15.4 Å². The summed E-state index contributed by atoms with van der Waals surface area (Å²) in [5.41, 5.74) is 9.19. The van der Waals surface area contributed by atoms with Crippen LogP contribution in [0.4, 0.5) is 0 Å². The first-order valence-corrected chi connectivity index (χ1v) is 10.6. The maximum atomic E-state index is 6.08. The topological polar surface area (TPSA) is 28.2 Å². The number of pyridine rings is 1. The molecule has 0 atom stereocenters. The maximum absolute atomic E-state index is 6.08. The highest BCUT2D eigenvalue weighted by molar-refractivity contribution is 7.98. The van der Waals surface area contributed by atoms with Gasteiger partial charge in [-0.2, -0.15) is 0 Å². The van der Waals surface area contributed by atoms with Crippen LogP contribution in [0.15, 0.2) is 90.2 Å². The van der Waals surface area contributed by atoms with Gasteiger partial charge in [-0.25, -0.2) is 0 Å². The number of rotatable bonds is 5. The molecule has 0 bridgehead atoms. The van der Waals surface area contributed by atoms with Crippen molar-refractivity contribution >= 4 is 34.6 Å². The Kier molecular flexibility index (Phi) is 5.70. The molecule has 1 aliphatic heterocycles. The van der Waals surface area contributed by atoms with E-state index in [1.807, 2.05) is 24.4 Å². The zero-order chi connectivity index (χ0) is 19.3. The van der Waals surface area contributed by atoms with Crippen LogP contribution in [0.2, 0.25) is 5.02 Å². The molecular formula is C23H20ClN3S. The van der Waals surface area contributed by atoms with E-state index in [2.05, 4.69) is 76.4 Å². The van der Waals surface area contributed by atoms with E-state index < -0.39 is 0 Å². The van der Waals surface area contributed by atoms with Gasteiger partial charge in [-0.1, -0.05) is 41.9 Å². The molecule has 0 unspecified atom stereocenters. The third-order valence-electron chi connectivity index (χ3n) is 4.56. The number of hydrazine groups is 1. The molecule has 5 heteroatoms. The molecule has 2 heterocycles. The number of hydrogen-bond donors (Lipinski definition) is 1. The summed E-state index contributed by atoms with van der Waals surface area (Å²) in [6.45, 7) is 0.727. The van der Waals surface area contributed by atoms with E-state index in [-0.39, 0.29) is 0 Å². The number of nitrogens with zero attached hydrogens (tertiary/aromatic N) is 2. The van der Waals surface area contributed by atoms with E-state index in [1.165, 1.54) is 4.90 Å². The minimum Gasteiger partial charge on any atom is -0.297 e. The lowest BCUT2D eigenvalue weighted by Crippen LogP contribution is -2.34. The van der Waals surface area contributed by atoms with Gasteiger partial charge in [0.2, 0.25) is 0 Å². The number of benzene rings is 2. The first-order valence-electron chi connectivity index (χ1n) is 8.98. The molecule has 0 amide bonds. The van der Waals surface area contributed by atoms with Crippen molar-refractivity contribution in [2.24, 2.45) is 0 Å². The van der Waals surface area contributed by atoms with E-state index in [0.29, 0.717) is 0 Å². The lowest BCUT2D eigenvalue weighted by atomic mass is 9.98. The van der Waals surface area contributed by atoms with Gasteiger partial charge in [0.05, 0.1) is 12.2 Å². The summed E-state index contributed by atoms with van der Waals surface area (Å²) in [6, 6.07) is 20.6. The predicted octanol–water partition coefficient (Wildman–Crippen LogP) is 5.86. The van der Waals surface area contributed by atoms with Crippen molar-refractivity contribution in [2.75, 3.05) is 6.26 Å². The molecule has 0 saturated heterocycles. The highest BCUT2D eigenvalue weighted by atomic mass is 35.5. The Morgan fingerprint density at radius 3 is 2.43 bits per heavy atom. The predicted molar refractivity (Wildman–Crippen MR) is 119 cm³/mol. The zero-order valence-corrected chi connectivity index (χ0v) is 17.0. The van der Waals surface area contributed by atoms with E-state index >= 15 is 0 Å². The number of halogens is 1. The van der Waals surface area contributed by atoms with Crippen LogP contribution in [0.1, 0.15) is 16.7 Å². The van der Waals surface area contributed by atoms with E-state index in [0.717, 1.165) is 39.5 Å². The van der Waals surface area contributed by atoms with Crippen molar-refractivity contribution in [2.45, 2.75) is 11.4 Å². The molecule has 0 radical (unpaired) electrons. The second kappa shape index (κ2) is 8.55. The second-order valence-corrected chi connectivity index (χ2v) is 7.76. The fourth-order valence-corrected chi connectivity index (χ4v) is 3.65. The van der Waals surface area contributed by atoms with Gasteiger partial charge in [0.25, 0.3) is 0 Å². The molecule has 0 saturated carbocycles. The van der Waals surface area contributed by atoms with E-state index in [9.17, 15) is 0 Å². The molecule has 3 aromatic rings. The summed E-state index contributed by atoms with van der Waals surface area (Å²) >= 11 is 7.83. The Labute approximate surface area is 174 Å². The van der Waals surface area contributed by atoms with Gasteiger partial charge in [-0.3, -0.25) is 15.4 Å². The molecule has 28 heavy (non-hydrogen) atoms. The first kappa shape index (κ1) is 18.7. The van der Waals surface area contributed by atoms with Gasteiger partial charge in [0.15, 0.2) is 0 Å². The average Bonchev–Trinajstić information content (AvgIpc) is 2.75. The normalized spacial score (nSPS) is 13.6. The Morgan fingerprint density at radius 1 is 1.00 bits per heavy atom. The van der Waals surface area contributed by atoms with Gasteiger partial charge in [-0.15, -0.1) is 11.8 Å². The average molecular weight is 406 g/mol. The summed E-state index contributed by atoms with van der Waals surface area (Å²) in [5, 5.41) is 2.81. The number of nitrogens with one attached hydrogen (secondary N) is 1. The van der Waals surface area contributed by atoms with Crippen LogP contribution in [-0.4, -0.2) is 16.2 Å². The Hall–Kier alpha value is -2.69. The molecule has 4 rings (SSSR count). The monoisotopic (exact) mass is 405 g/mol. The van der Waals surface area contributed by atoms with Crippen LogP contribution in [0, 0.1) is 0 Å². The molecule has 3 nitrogen and oxygen atoms in total. The van der Waals surface area contributed by atoms with Gasteiger partial charge < -0.3 is 0 Å². The fraction of sp³-hybridized carbons (Fsp3) is 0.0870. The van der Waals surface area contributed by atoms with E-state index in [4.69, 9.17) is 11.6 Å². The molecular weight excluding hydrogens is 386 g/mol. The largest absolute Gasteiger partial charge is 0.297 e. The molecule has 1 aliphatic rings. The van der Waals surface area contributed by atoms with Crippen LogP contribution < -0.4 is 5.43 Å². The van der Waals surface area contributed by atoms with Crippen molar-refractivity contribution < 1.29 is 0 Å². The number of allylic oxidation sites excluding steroid dienone is 2. The molecule has 140 valence electrons. The Morgan fingerprint density at radius 2 is 1.75 bits per heavy atom. The standard InChI is InChI=1S/C23H20ClN3S/c1-28-21-10-6-19(7-11-21)23-22(18-4-8-20(24)9-5-18)12-14-27(26-23)16-17-3-2-13-25-15-17/h2-15,26H,16H2,1H3. The van der Waals surface area contributed by atoms with Crippen LogP contribution >= 0.6 is 23.4 Å². The SMILES string of the molecule is CSc1ccc(C2=C(c3ccc(Cl)cc3)C=CN(Cc3cccnc3)N2)cc1. The minimum absolute atomic E-state index is 0.727. The first-order chi connectivity index (χ1) is 13.7. The summed E-state index contributed by atoms with van der Waals surface area (Å²) in [6.07, 6.45) is 9.98. The van der Waals surface area contributed by atoms with Crippen molar-refractivity contribution in [3.63, 3.8) is 0 Å². The number of hydrogen-bond acceptors (Lipinski definition) is 4. The third kappa shape index (κ3) is 4.24. The Bertz CT molecular complexity index is 996. The second-order valence-electron chi connectivity index (χ2n) is 6.44. The molecule has 1 N–H and O–H groups in total. The number of aromatic nitrogens is 1. The quantitative estimate of drug-likeness (QED) is 0.538. The highest BCUT2D eigenvalue weighted by Crippen LogP contribution is 2.31.